The highest BCUT2D eigenvalue weighted by atomic mass is 32.1. The summed E-state index contributed by atoms with van der Waals surface area (Å²) >= 11 is 3.53. The Morgan fingerprint density at radius 1 is 1.05 bits per heavy atom. The minimum atomic E-state index is -0.833. The predicted molar refractivity (Wildman–Crippen MR) is 87.1 cm³/mol. The Hall–Kier alpha value is -0.630. The summed E-state index contributed by atoms with van der Waals surface area (Å²) in [7, 11) is 8.50. The second-order valence-electron chi connectivity index (χ2n) is 2.92. The van der Waals surface area contributed by atoms with E-state index in [1.807, 2.05) is 33.0 Å². The van der Waals surface area contributed by atoms with Crippen LogP contribution in [0.2, 0.25) is 0 Å². The molecule has 0 aliphatic carbocycles. The molecule has 0 aromatic carbocycles. The number of rotatable bonds is 1. The van der Waals surface area contributed by atoms with Gasteiger partial charge in [0.25, 0.3) is 5.97 Å². The first-order valence-electron chi connectivity index (χ1n) is 5.51. The van der Waals surface area contributed by atoms with Gasteiger partial charge in [-0.2, -0.15) is 12.6 Å². The Labute approximate surface area is 124 Å². The number of carbonyl (C=O) groups is 2. The summed E-state index contributed by atoms with van der Waals surface area (Å²) in [5, 5.41) is 14.4. The van der Waals surface area contributed by atoms with Crippen LogP contribution in [0, 0.1) is 0 Å². The van der Waals surface area contributed by atoms with E-state index in [9.17, 15) is 4.79 Å². The zero-order valence-corrected chi connectivity index (χ0v) is 14.8. The standard InChI is InChI=1S/C4H8O.C3H9N.C2H4O2.CH5N.CH4O.CH4S/c1-3-4(2)5;1-4(2)3;1-2(3)4;3*1-2/h3H2,1-2H3;1-3H3;1H3,(H,3,4);2H2,1H3;2*2H,1H3. The van der Waals surface area contributed by atoms with Gasteiger partial charge in [0.15, 0.2) is 0 Å². The molecule has 0 bridgehead atoms. The lowest BCUT2D eigenvalue weighted by atomic mass is 10.4. The van der Waals surface area contributed by atoms with Crippen molar-refractivity contribution in [1.29, 1.82) is 0 Å². The Kier molecular flexibility index (Phi) is 101. The van der Waals surface area contributed by atoms with Crippen LogP contribution in [0.25, 0.3) is 0 Å². The quantitative estimate of drug-likeness (QED) is 0.538. The molecule has 0 amide bonds. The maximum absolute atomic E-state index is 9.81. The van der Waals surface area contributed by atoms with Crippen molar-refractivity contribution in [3.05, 3.63) is 0 Å². The van der Waals surface area contributed by atoms with Crippen molar-refractivity contribution in [2.45, 2.75) is 27.2 Å². The Morgan fingerprint density at radius 2 is 1.11 bits per heavy atom. The molecule has 0 unspecified atom stereocenters. The summed E-state index contributed by atoms with van der Waals surface area (Å²) in [6.07, 6.45) is 2.36. The summed E-state index contributed by atoms with van der Waals surface area (Å²) in [6.45, 7) is 4.52. The second kappa shape index (κ2) is 53.0. The molecule has 122 valence electrons. The number of aliphatic hydroxyl groups excluding tert-OH is 1. The predicted octanol–water partition coefficient (Wildman–Crippen LogP) is 0.984. The van der Waals surface area contributed by atoms with Gasteiger partial charge in [0.2, 0.25) is 0 Å². The molecule has 0 rings (SSSR count). The van der Waals surface area contributed by atoms with Gasteiger partial charge in [0, 0.05) is 20.5 Å². The van der Waals surface area contributed by atoms with Crippen LogP contribution in [0.4, 0.5) is 0 Å². The van der Waals surface area contributed by atoms with E-state index in [-0.39, 0.29) is 5.78 Å². The van der Waals surface area contributed by atoms with Gasteiger partial charge in [0.05, 0.1) is 0 Å². The third kappa shape index (κ3) is 2190. The minimum absolute atomic E-state index is 0.255. The molecule has 6 nitrogen and oxygen atoms in total. The van der Waals surface area contributed by atoms with Crippen LogP contribution in [-0.4, -0.2) is 68.4 Å². The molecule has 0 heterocycles. The van der Waals surface area contributed by atoms with E-state index in [1.54, 1.807) is 13.2 Å². The van der Waals surface area contributed by atoms with Crippen molar-refractivity contribution in [3.8, 4) is 0 Å². The van der Waals surface area contributed by atoms with Gasteiger partial charge in [-0.05, 0) is 41.4 Å². The molecule has 0 aromatic rings. The summed E-state index contributed by atoms with van der Waals surface area (Å²) in [4.78, 5) is 20.8. The van der Waals surface area contributed by atoms with Gasteiger partial charge in [-0.25, -0.2) is 0 Å². The van der Waals surface area contributed by atoms with E-state index >= 15 is 0 Å². The smallest absolute Gasteiger partial charge is 0.300 e. The van der Waals surface area contributed by atoms with Gasteiger partial charge >= 0.3 is 0 Å². The highest BCUT2D eigenvalue weighted by molar-refractivity contribution is 7.79. The summed E-state index contributed by atoms with van der Waals surface area (Å²) < 4.78 is 0. The van der Waals surface area contributed by atoms with Gasteiger partial charge in [0.1, 0.15) is 5.78 Å². The molecule has 0 atom stereocenters. The fraction of sp³-hybridized carbons (Fsp3) is 0.833. The van der Waals surface area contributed by atoms with Crippen LogP contribution >= 0.6 is 12.6 Å². The number of aliphatic carboxylic acids is 1. The fourth-order valence-electron chi connectivity index (χ4n) is 0. The number of Topliss-reactive ketones (excluding diaryl/α,β-unsaturated/α-hetero) is 1. The number of aliphatic hydroxyl groups is 1. The van der Waals surface area contributed by atoms with E-state index in [0.717, 1.165) is 14.0 Å². The monoisotopic (exact) mass is 302 g/mol. The van der Waals surface area contributed by atoms with Gasteiger partial charge in [-0.3, -0.25) is 4.79 Å². The highest BCUT2D eigenvalue weighted by Gasteiger charge is 1.76. The van der Waals surface area contributed by atoms with Gasteiger partial charge in [-0.15, -0.1) is 0 Å². The van der Waals surface area contributed by atoms with E-state index in [2.05, 4.69) is 18.4 Å². The van der Waals surface area contributed by atoms with Crippen molar-refractivity contribution in [2.75, 3.05) is 41.6 Å². The minimum Gasteiger partial charge on any atom is -0.481 e. The summed E-state index contributed by atoms with van der Waals surface area (Å²) in [5.74, 6) is -0.579. The maximum Gasteiger partial charge on any atom is 0.300 e. The average molecular weight is 302 g/mol. The largest absolute Gasteiger partial charge is 0.481 e. The highest BCUT2D eigenvalue weighted by Crippen LogP contribution is 1.71. The lowest BCUT2D eigenvalue weighted by molar-refractivity contribution is -0.134. The number of nitrogens with two attached hydrogens (primary N) is 1. The Bertz CT molecular complexity index is 139. The van der Waals surface area contributed by atoms with Crippen molar-refractivity contribution >= 4 is 24.4 Å². The van der Waals surface area contributed by atoms with Crippen molar-refractivity contribution in [1.82, 2.24) is 4.90 Å². The van der Waals surface area contributed by atoms with E-state index in [0.29, 0.717) is 6.42 Å². The number of carboxylic acids is 1. The summed E-state index contributed by atoms with van der Waals surface area (Å²) in [6, 6.07) is 0. The maximum atomic E-state index is 9.81. The zero-order chi connectivity index (χ0) is 17.4. The molecule has 0 radical (unpaired) electrons. The number of carboxylic acid groups (broad SMARTS) is 1. The van der Waals surface area contributed by atoms with Crippen LogP contribution in [0.3, 0.4) is 0 Å². The number of thiol groups is 1. The molecule has 0 aliphatic rings. The molecule has 0 saturated carbocycles. The summed E-state index contributed by atoms with van der Waals surface area (Å²) in [5.41, 5.74) is 4.50. The normalized spacial score (nSPS) is 6.16. The zero-order valence-electron chi connectivity index (χ0n) is 13.9. The Morgan fingerprint density at radius 3 is 1.11 bits per heavy atom. The number of ketones is 1. The third-order valence-electron chi connectivity index (χ3n) is 0.498. The molecule has 0 saturated heterocycles. The van der Waals surface area contributed by atoms with Crippen molar-refractivity contribution < 1.29 is 19.8 Å². The van der Waals surface area contributed by atoms with Crippen LogP contribution in [0.1, 0.15) is 27.2 Å². The van der Waals surface area contributed by atoms with E-state index in [4.69, 9.17) is 15.0 Å². The van der Waals surface area contributed by atoms with Crippen LogP contribution in [0.5, 0.6) is 0 Å². The second-order valence-corrected chi connectivity index (χ2v) is 2.92. The van der Waals surface area contributed by atoms with Crippen LogP contribution in [-0.2, 0) is 9.59 Å². The van der Waals surface area contributed by atoms with Crippen LogP contribution < -0.4 is 5.73 Å². The average Bonchev–Trinajstić information content (AvgIpc) is 2.35. The van der Waals surface area contributed by atoms with Crippen LogP contribution in [0.15, 0.2) is 0 Å². The number of hydrogen-bond acceptors (Lipinski definition) is 6. The van der Waals surface area contributed by atoms with Crippen molar-refractivity contribution in [2.24, 2.45) is 5.73 Å². The first-order chi connectivity index (χ1) is 8.73. The number of hydrogen-bond donors (Lipinski definition) is 4. The molecule has 0 fully saturated rings. The molecule has 0 aliphatic heterocycles. The lowest BCUT2D eigenvalue weighted by Gasteiger charge is -1.90. The topological polar surface area (TPSA) is 104 Å². The molecule has 0 spiro atoms. The molecule has 19 heavy (non-hydrogen) atoms. The number of carbonyl (C=O) groups excluding carboxylic acids is 1. The van der Waals surface area contributed by atoms with Gasteiger partial charge < -0.3 is 25.6 Å². The SMILES string of the molecule is CC(=O)O.CCC(C)=O.CN.CN(C)C.CO.CS. The van der Waals surface area contributed by atoms with Gasteiger partial charge in [-0.1, -0.05) is 6.92 Å². The molecule has 7 heteroatoms. The first-order valence-corrected chi connectivity index (χ1v) is 6.40. The Balaban J connectivity index is -0.0000000280. The molecule has 4 N–H and O–H groups in total. The van der Waals surface area contributed by atoms with E-state index in [1.165, 1.54) is 7.05 Å². The first kappa shape index (κ1) is 36.2. The molecular formula is C12H34N2O4S. The van der Waals surface area contributed by atoms with E-state index < -0.39 is 5.97 Å². The number of nitrogens with zero attached hydrogens (tertiary/aromatic N) is 1. The molecular weight excluding hydrogens is 268 g/mol. The van der Waals surface area contributed by atoms with Crippen molar-refractivity contribution in [3.63, 3.8) is 0 Å². The lowest BCUT2D eigenvalue weighted by Crippen LogP contribution is -1.99. The third-order valence-corrected chi connectivity index (χ3v) is 0.498. The fourth-order valence-corrected chi connectivity index (χ4v) is 0. The molecule has 0 aromatic heterocycles.